The number of nitrogens with two attached hydrogens (primary N) is 1. The number of likely N-dealkylation sites (tertiary alicyclic amines) is 1. The molecule has 100 valence electrons. The maximum atomic E-state index is 5.99. The molecular weight excluding hydrogens is 228 g/mol. The number of methoxy groups -OCH3 is 1. The summed E-state index contributed by atoms with van der Waals surface area (Å²) in [5.74, 6) is 2.32. The summed E-state index contributed by atoms with van der Waals surface area (Å²) in [6.07, 6.45) is 0. The van der Waals surface area contributed by atoms with Crippen LogP contribution in [0.4, 0.5) is 0 Å². The van der Waals surface area contributed by atoms with Crippen LogP contribution in [0.25, 0.3) is 0 Å². The predicted octanol–water partition coefficient (Wildman–Crippen LogP) is 1.35. The van der Waals surface area contributed by atoms with Gasteiger partial charge in [0, 0.05) is 25.7 Å². The van der Waals surface area contributed by atoms with Crippen LogP contribution in [0.15, 0.2) is 24.3 Å². The third kappa shape index (κ3) is 3.37. The van der Waals surface area contributed by atoms with Crippen molar-refractivity contribution in [2.45, 2.75) is 13.0 Å². The summed E-state index contributed by atoms with van der Waals surface area (Å²) in [6, 6.07) is 7.98. The molecule has 4 nitrogen and oxygen atoms in total. The van der Waals surface area contributed by atoms with Crippen LogP contribution in [-0.4, -0.2) is 44.3 Å². The molecule has 0 spiro atoms. The summed E-state index contributed by atoms with van der Waals surface area (Å²) >= 11 is 0. The van der Waals surface area contributed by atoms with Crippen molar-refractivity contribution in [1.82, 2.24) is 4.90 Å². The van der Waals surface area contributed by atoms with E-state index in [1.54, 1.807) is 7.11 Å². The zero-order valence-corrected chi connectivity index (χ0v) is 11.1. The van der Waals surface area contributed by atoms with E-state index < -0.39 is 0 Å². The monoisotopic (exact) mass is 250 g/mol. The summed E-state index contributed by atoms with van der Waals surface area (Å²) in [5.41, 5.74) is 5.99. The Balaban J connectivity index is 1.72. The second-order valence-electron chi connectivity index (χ2n) is 4.92. The van der Waals surface area contributed by atoms with Crippen LogP contribution >= 0.6 is 0 Å². The maximum absolute atomic E-state index is 5.99. The maximum Gasteiger partial charge on any atom is 0.119 e. The molecule has 0 saturated carbocycles. The molecule has 0 radical (unpaired) electrons. The Bertz CT molecular complexity index is 357. The average Bonchev–Trinajstić information content (AvgIpc) is 2.69. The van der Waals surface area contributed by atoms with E-state index in [1.807, 2.05) is 24.3 Å². The van der Waals surface area contributed by atoms with Gasteiger partial charge in [0.15, 0.2) is 0 Å². The van der Waals surface area contributed by atoms with Crippen LogP contribution in [-0.2, 0) is 0 Å². The van der Waals surface area contributed by atoms with Crippen molar-refractivity contribution < 1.29 is 9.47 Å². The van der Waals surface area contributed by atoms with E-state index in [9.17, 15) is 0 Å². The molecule has 1 aliphatic rings. The van der Waals surface area contributed by atoms with Crippen molar-refractivity contribution in [3.63, 3.8) is 0 Å². The molecule has 0 bridgehead atoms. The number of benzene rings is 1. The van der Waals surface area contributed by atoms with E-state index in [-0.39, 0.29) is 0 Å². The van der Waals surface area contributed by atoms with Gasteiger partial charge in [-0.25, -0.2) is 0 Å². The largest absolute Gasteiger partial charge is 0.497 e. The second kappa shape index (κ2) is 6.07. The van der Waals surface area contributed by atoms with Crippen molar-refractivity contribution in [3.05, 3.63) is 24.3 Å². The molecule has 1 aliphatic heterocycles. The van der Waals surface area contributed by atoms with E-state index >= 15 is 0 Å². The molecule has 1 heterocycles. The van der Waals surface area contributed by atoms with Crippen molar-refractivity contribution in [2.24, 2.45) is 11.7 Å². The van der Waals surface area contributed by atoms with Gasteiger partial charge in [-0.05, 0) is 30.2 Å². The first-order valence-corrected chi connectivity index (χ1v) is 6.44. The highest BCUT2D eigenvalue weighted by Gasteiger charge is 2.25. The lowest BCUT2D eigenvalue weighted by atomic mass is 10.1. The molecule has 18 heavy (non-hydrogen) atoms. The van der Waals surface area contributed by atoms with Gasteiger partial charge < -0.3 is 15.2 Å². The average molecular weight is 250 g/mol. The molecule has 1 saturated heterocycles. The molecule has 1 fully saturated rings. The lowest BCUT2D eigenvalue weighted by molar-refractivity contribution is 0.233. The summed E-state index contributed by atoms with van der Waals surface area (Å²) in [7, 11) is 1.66. The van der Waals surface area contributed by atoms with Gasteiger partial charge in [-0.15, -0.1) is 0 Å². The minimum atomic E-state index is 0.311. The van der Waals surface area contributed by atoms with E-state index in [2.05, 4.69) is 11.8 Å². The van der Waals surface area contributed by atoms with E-state index in [0.29, 0.717) is 18.6 Å². The van der Waals surface area contributed by atoms with Crippen LogP contribution in [0.3, 0.4) is 0 Å². The minimum absolute atomic E-state index is 0.311. The number of rotatable bonds is 5. The Morgan fingerprint density at radius 2 is 1.89 bits per heavy atom. The zero-order valence-electron chi connectivity index (χ0n) is 11.1. The third-order valence-electron chi connectivity index (χ3n) is 3.48. The van der Waals surface area contributed by atoms with E-state index in [1.165, 1.54) is 0 Å². The summed E-state index contributed by atoms with van der Waals surface area (Å²) in [5, 5.41) is 0. The molecule has 0 aliphatic carbocycles. The highest BCUT2D eigenvalue weighted by Crippen LogP contribution is 2.17. The molecular formula is C14H22N2O2. The summed E-state index contributed by atoms with van der Waals surface area (Å²) < 4.78 is 10.8. The molecule has 0 amide bonds. The van der Waals surface area contributed by atoms with Crippen molar-refractivity contribution in [1.29, 1.82) is 0 Å². The van der Waals surface area contributed by atoms with Gasteiger partial charge in [-0.1, -0.05) is 6.92 Å². The molecule has 2 atom stereocenters. The normalized spacial score (nSPS) is 24.2. The molecule has 2 rings (SSSR count). The Labute approximate surface area is 109 Å². The fraction of sp³-hybridized carbons (Fsp3) is 0.571. The number of nitrogens with zero attached hydrogens (tertiary/aromatic N) is 1. The van der Waals surface area contributed by atoms with Crippen LogP contribution in [0, 0.1) is 5.92 Å². The van der Waals surface area contributed by atoms with Crippen LogP contribution in [0.5, 0.6) is 11.5 Å². The highest BCUT2D eigenvalue weighted by molar-refractivity contribution is 5.31. The number of hydrogen-bond acceptors (Lipinski definition) is 4. The molecule has 2 unspecified atom stereocenters. The highest BCUT2D eigenvalue weighted by atomic mass is 16.5. The van der Waals surface area contributed by atoms with Gasteiger partial charge in [0.25, 0.3) is 0 Å². The van der Waals surface area contributed by atoms with Crippen LogP contribution < -0.4 is 15.2 Å². The topological polar surface area (TPSA) is 47.7 Å². The van der Waals surface area contributed by atoms with Crippen molar-refractivity contribution in [2.75, 3.05) is 33.4 Å². The van der Waals surface area contributed by atoms with E-state index in [4.69, 9.17) is 15.2 Å². The smallest absolute Gasteiger partial charge is 0.119 e. The Kier molecular flexibility index (Phi) is 4.44. The van der Waals surface area contributed by atoms with Crippen LogP contribution in [0.1, 0.15) is 6.92 Å². The van der Waals surface area contributed by atoms with Gasteiger partial charge >= 0.3 is 0 Å². The minimum Gasteiger partial charge on any atom is -0.497 e. The quantitative estimate of drug-likeness (QED) is 0.857. The summed E-state index contributed by atoms with van der Waals surface area (Å²) in [4.78, 5) is 2.36. The molecule has 4 heteroatoms. The fourth-order valence-electron chi connectivity index (χ4n) is 2.24. The molecule has 1 aromatic carbocycles. The first-order chi connectivity index (χ1) is 8.69. The molecule has 1 aromatic rings. The lowest BCUT2D eigenvalue weighted by Crippen LogP contribution is -2.30. The number of hydrogen-bond donors (Lipinski definition) is 1. The van der Waals surface area contributed by atoms with Gasteiger partial charge in [0.2, 0.25) is 0 Å². The van der Waals surface area contributed by atoms with Crippen molar-refractivity contribution >= 4 is 0 Å². The van der Waals surface area contributed by atoms with Gasteiger partial charge in [0.05, 0.1) is 7.11 Å². The van der Waals surface area contributed by atoms with Crippen LogP contribution in [0.2, 0.25) is 0 Å². The SMILES string of the molecule is COc1ccc(OCCN2CC(C)C(N)C2)cc1. The number of ether oxygens (including phenoxy) is 2. The van der Waals surface area contributed by atoms with Crippen molar-refractivity contribution in [3.8, 4) is 11.5 Å². The lowest BCUT2D eigenvalue weighted by Gasteiger charge is -2.15. The summed E-state index contributed by atoms with van der Waals surface area (Å²) in [6.45, 7) is 5.89. The first-order valence-electron chi connectivity index (χ1n) is 6.44. The predicted molar refractivity (Wildman–Crippen MR) is 72.1 cm³/mol. The first kappa shape index (κ1) is 13.2. The Morgan fingerprint density at radius 1 is 1.22 bits per heavy atom. The molecule has 0 aromatic heterocycles. The van der Waals surface area contributed by atoms with E-state index in [0.717, 1.165) is 31.1 Å². The standard InChI is InChI=1S/C14H22N2O2/c1-11-9-16(10-14(11)15)7-8-18-13-5-3-12(17-2)4-6-13/h3-6,11,14H,7-10,15H2,1-2H3. The van der Waals surface area contributed by atoms with Gasteiger partial charge in [-0.2, -0.15) is 0 Å². The third-order valence-corrected chi connectivity index (χ3v) is 3.48. The zero-order chi connectivity index (χ0) is 13.0. The van der Waals surface area contributed by atoms with Gasteiger partial charge in [0.1, 0.15) is 18.1 Å². The van der Waals surface area contributed by atoms with Gasteiger partial charge in [-0.3, -0.25) is 4.90 Å². The second-order valence-corrected chi connectivity index (χ2v) is 4.92. The molecule has 2 N–H and O–H groups in total. The fourth-order valence-corrected chi connectivity index (χ4v) is 2.24. The Hall–Kier alpha value is -1.26. The Morgan fingerprint density at radius 3 is 2.44 bits per heavy atom.